The second-order valence-electron chi connectivity index (χ2n) is 3.68. The standard InChI is InChI=1S/C18H14O2/c1-5-15(3)9-7-11-17(19)13-14-18(20)12-8-10-16(4)6-2/h1-2,7-12H,3-4H3. The zero-order chi connectivity index (χ0) is 15.4. The Morgan fingerprint density at radius 2 is 1.15 bits per heavy atom. The number of carbonyl (C=O) groups excluding carboxylic acids is 2. The van der Waals surface area contributed by atoms with E-state index in [-0.39, 0.29) is 0 Å². The highest BCUT2D eigenvalue weighted by Crippen LogP contribution is 1.90. The van der Waals surface area contributed by atoms with Crippen molar-refractivity contribution in [3.63, 3.8) is 0 Å². The molecular formula is C18H14O2. The van der Waals surface area contributed by atoms with Crippen LogP contribution in [0.15, 0.2) is 47.6 Å². The van der Waals surface area contributed by atoms with E-state index in [4.69, 9.17) is 12.8 Å². The highest BCUT2D eigenvalue weighted by atomic mass is 16.1. The van der Waals surface area contributed by atoms with Crippen molar-refractivity contribution in [2.45, 2.75) is 13.8 Å². The molecule has 0 bridgehead atoms. The van der Waals surface area contributed by atoms with Crippen LogP contribution in [0.3, 0.4) is 0 Å². The van der Waals surface area contributed by atoms with Gasteiger partial charge >= 0.3 is 0 Å². The number of allylic oxidation sites excluding steroid dienone is 8. The largest absolute Gasteiger partial charge is 0.280 e. The van der Waals surface area contributed by atoms with Crippen molar-refractivity contribution in [2.75, 3.05) is 0 Å². The third-order valence-corrected chi connectivity index (χ3v) is 1.95. The van der Waals surface area contributed by atoms with Gasteiger partial charge in [0.2, 0.25) is 11.6 Å². The predicted octanol–water partition coefficient (Wildman–Crippen LogP) is 2.40. The first-order chi connectivity index (χ1) is 9.49. The van der Waals surface area contributed by atoms with Gasteiger partial charge < -0.3 is 0 Å². The summed E-state index contributed by atoms with van der Waals surface area (Å²) in [6.07, 6.45) is 18.9. The quantitative estimate of drug-likeness (QED) is 0.337. The summed E-state index contributed by atoms with van der Waals surface area (Å²) in [7, 11) is 0. The minimum atomic E-state index is -0.469. The van der Waals surface area contributed by atoms with E-state index >= 15 is 0 Å². The molecule has 0 spiro atoms. The number of terminal acetylenes is 2. The molecule has 0 aliphatic heterocycles. The van der Waals surface area contributed by atoms with Gasteiger partial charge in [-0.25, -0.2) is 0 Å². The lowest BCUT2D eigenvalue weighted by Crippen LogP contribution is -1.90. The zero-order valence-corrected chi connectivity index (χ0v) is 11.4. The smallest absolute Gasteiger partial charge is 0.229 e. The summed E-state index contributed by atoms with van der Waals surface area (Å²) in [5, 5.41) is 0. The average Bonchev–Trinajstić information content (AvgIpc) is 2.44. The molecule has 0 aliphatic rings. The monoisotopic (exact) mass is 262 g/mol. The normalized spacial score (nSPS) is 11.6. The van der Waals surface area contributed by atoms with Crippen LogP contribution in [0.1, 0.15) is 13.8 Å². The number of hydrogen-bond donors (Lipinski definition) is 0. The predicted molar refractivity (Wildman–Crippen MR) is 81.3 cm³/mol. The van der Waals surface area contributed by atoms with Crippen LogP contribution in [-0.2, 0) is 9.59 Å². The van der Waals surface area contributed by atoms with Crippen LogP contribution < -0.4 is 0 Å². The third kappa shape index (κ3) is 9.06. The fourth-order valence-electron chi connectivity index (χ4n) is 0.862. The van der Waals surface area contributed by atoms with Crippen molar-refractivity contribution in [3.8, 4) is 36.5 Å². The number of hydrogen-bond acceptors (Lipinski definition) is 2. The van der Waals surface area contributed by atoms with Crippen LogP contribution in [0.4, 0.5) is 0 Å². The van der Waals surface area contributed by atoms with E-state index in [1.165, 1.54) is 24.3 Å². The summed E-state index contributed by atoms with van der Waals surface area (Å²) in [6, 6.07) is 0. The van der Waals surface area contributed by atoms with E-state index in [2.05, 4.69) is 23.7 Å². The Hall–Kier alpha value is -3.02. The first kappa shape index (κ1) is 17.0. The van der Waals surface area contributed by atoms with E-state index in [9.17, 15) is 9.59 Å². The summed E-state index contributed by atoms with van der Waals surface area (Å²) in [6.45, 7) is 3.47. The Balaban J connectivity index is 4.54. The molecule has 0 fully saturated rings. The van der Waals surface area contributed by atoms with Gasteiger partial charge in [0.15, 0.2) is 0 Å². The van der Waals surface area contributed by atoms with Gasteiger partial charge in [-0.2, -0.15) is 0 Å². The molecule has 0 amide bonds. The molecule has 0 saturated carbocycles. The summed E-state index contributed by atoms with van der Waals surface area (Å²) < 4.78 is 0. The molecule has 0 unspecified atom stereocenters. The topological polar surface area (TPSA) is 34.1 Å². The van der Waals surface area contributed by atoms with Gasteiger partial charge in [-0.3, -0.25) is 9.59 Å². The molecule has 0 aromatic rings. The van der Waals surface area contributed by atoms with E-state index in [1.54, 1.807) is 26.0 Å². The number of ketones is 2. The molecule has 2 heteroatoms. The fourth-order valence-corrected chi connectivity index (χ4v) is 0.862. The van der Waals surface area contributed by atoms with Gasteiger partial charge in [-0.15, -0.1) is 12.8 Å². The lowest BCUT2D eigenvalue weighted by atomic mass is 10.2. The molecule has 0 atom stereocenters. The Kier molecular flexibility index (Phi) is 8.45. The zero-order valence-electron chi connectivity index (χ0n) is 11.4. The summed E-state index contributed by atoms with van der Waals surface area (Å²) in [4.78, 5) is 22.6. The Bertz CT molecular complexity index is 586. The third-order valence-electron chi connectivity index (χ3n) is 1.95. The molecule has 0 aliphatic carbocycles. The highest BCUT2D eigenvalue weighted by Gasteiger charge is 1.90. The molecule has 0 heterocycles. The highest BCUT2D eigenvalue weighted by molar-refractivity contribution is 6.12. The maximum absolute atomic E-state index is 11.3. The van der Waals surface area contributed by atoms with Gasteiger partial charge in [-0.05, 0) is 49.0 Å². The van der Waals surface area contributed by atoms with Crippen LogP contribution in [0.2, 0.25) is 0 Å². The van der Waals surface area contributed by atoms with Crippen LogP contribution in [0.25, 0.3) is 0 Å². The fraction of sp³-hybridized carbons (Fsp3) is 0.111. The van der Waals surface area contributed by atoms with Gasteiger partial charge in [0.05, 0.1) is 0 Å². The maximum Gasteiger partial charge on any atom is 0.229 e. The van der Waals surface area contributed by atoms with Crippen molar-refractivity contribution in [1.29, 1.82) is 0 Å². The Morgan fingerprint density at radius 3 is 1.45 bits per heavy atom. The molecular weight excluding hydrogens is 248 g/mol. The minimum Gasteiger partial charge on any atom is -0.280 e. The summed E-state index contributed by atoms with van der Waals surface area (Å²) in [5.41, 5.74) is 1.38. The first-order valence-electron chi connectivity index (χ1n) is 5.72. The maximum atomic E-state index is 11.3. The molecule has 0 radical (unpaired) electrons. The summed E-state index contributed by atoms with van der Waals surface area (Å²) in [5.74, 6) is 8.29. The van der Waals surface area contributed by atoms with E-state index in [0.717, 1.165) is 0 Å². The number of rotatable bonds is 4. The van der Waals surface area contributed by atoms with Gasteiger partial charge in [0, 0.05) is 0 Å². The Morgan fingerprint density at radius 1 is 0.800 bits per heavy atom. The van der Waals surface area contributed by atoms with Crippen LogP contribution in [0, 0.1) is 36.5 Å². The Labute approximate surface area is 120 Å². The lowest BCUT2D eigenvalue weighted by molar-refractivity contribution is -0.111. The van der Waals surface area contributed by atoms with Gasteiger partial charge in [0.1, 0.15) is 0 Å². The van der Waals surface area contributed by atoms with Crippen molar-refractivity contribution < 1.29 is 9.59 Å². The van der Waals surface area contributed by atoms with Crippen molar-refractivity contribution in [1.82, 2.24) is 0 Å². The van der Waals surface area contributed by atoms with Crippen LogP contribution >= 0.6 is 0 Å². The van der Waals surface area contributed by atoms with Gasteiger partial charge in [0.25, 0.3) is 0 Å². The molecule has 0 rings (SSSR count). The molecule has 20 heavy (non-hydrogen) atoms. The van der Waals surface area contributed by atoms with Crippen molar-refractivity contribution in [3.05, 3.63) is 47.6 Å². The lowest BCUT2D eigenvalue weighted by Gasteiger charge is -1.82. The van der Waals surface area contributed by atoms with E-state index < -0.39 is 11.6 Å². The second-order valence-corrected chi connectivity index (χ2v) is 3.68. The first-order valence-corrected chi connectivity index (χ1v) is 5.72. The molecule has 0 N–H and O–H groups in total. The average molecular weight is 262 g/mol. The molecule has 98 valence electrons. The van der Waals surface area contributed by atoms with Crippen LogP contribution in [-0.4, -0.2) is 11.6 Å². The molecule has 0 saturated heterocycles. The molecule has 0 aromatic heterocycles. The number of carbonyl (C=O) groups is 2. The van der Waals surface area contributed by atoms with Crippen molar-refractivity contribution in [2.24, 2.45) is 0 Å². The summed E-state index contributed by atoms with van der Waals surface area (Å²) >= 11 is 0. The van der Waals surface area contributed by atoms with Crippen molar-refractivity contribution >= 4 is 11.6 Å². The minimum absolute atomic E-state index is 0.469. The molecule has 0 aromatic carbocycles. The van der Waals surface area contributed by atoms with Gasteiger partial charge in [-0.1, -0.05) is 36.1 Å². The SMILES string of the molecule is C#CC(C)=CC=CC(=O)C#CC(=O)C=CC=C(C)C#C. The molecule has 2 nitrogen and oxygen atoms in total. The van der Waals surface area contributed by atoms with E-state index in [1.807, 2.05) is 0 Å². The van der Waals surface area contributed by atoms with Crippen LogP contribution in [0.5, 0.6) is 0 Å². The second kappa shape index (κ2) is 9.95. The van der Waals surface area contributed by atoms with E-state index in [0.29, 0.717) is 11.1 Å².